The lowest BCUT2D eigenvalue weighted by molar-refractivity contribution is -0.0843. The molecule has 0 aromatic heterocycles. The Bertz CT molecular complexity index is 547. The highest BCUT2D eigenvalue weighted by Crippen LogP contribution is 2.62. The number of aliphatic hydroxyl groups is 3. The van der Waals surface area contributed by atoms with E-state index in [2.05, 4.69) is 26.8 Å². The predicted molar refractivity (Wildman–Crippen MR) is 91.7 cm³/mol. The maximum Gasteiger partial charge on any atom is 0.104 e. The lowest BCUT2D eigenvalue weighted by atomic mass is 9.80. The van der Waals surface area contributed by atoms with Crippen molar-refractivity contribution in [1.29, 1.82) is 0 Å². The first-order valence-corrected chi connectivity index (χ1v) is 9.03. The second kappa shape index (κ2) is 5.44. The van der Waals surface area contributed by atoms with E-state index in [0.717, 1.165) is 18.4 Å². The van der Waals surface area contributed by atoms with Crippen LogP contribution >= 0.6 is 0 Å². The molecule has 0 bridgehead atoms. The fraction of sp³-hybridized carbons (Fsp3) is 0.800. The minimum atomic E-state index is -1.26. The van der Waals surface area contributed by atoms with Crippen LogP contribution in [0.3, 0.4) is 0 Å². The van der Waals surface area contributed by atoms with Crippen LogP contribution in [0.2, 0.25) is 0 Å². The molecule has 0 aromatic carbocycles. The molecule has 0 heterocycles. The molecule has 0 aliphatic heterocycles. The van der Waals surface area contributed by atoms with Crippen molar-refractivity contribution in [2.45, 2.75) is 71.7 Å². The summed E-state index contributed by atoms with van der Waals surface area (Å²) in [4.78, 5) is 0. The van der Waals surface area contributed by atoms with E-state index in [4.69, 9.17) is 0 Å². The molecule has 3 heteroatoms. The third-order valence-corrected chi connectivity index (χ3v) is 6.98. The number of allylic oxidation sites excluding steroid dienone is 2. The van der Waals surface area contributed by atoms with Gasteiger partial charge in [-0.1, -0.05) is 38.5 Å². The molecule has 0 amide bonds. The van der Waals surface area contributed by atoms with Crippen LogP contribution in [0.15, 0.2) is 23.3 Å². The Morgan fingerprint density at radius 2 is 1.74 bits per heavy atom. The van der Waals surface area contributed by atoms with Crippen molar-refractivity contribution in [2.75, 3.05) is 0 Å². The lowest BCUT2D eigenvalue weighted by Gasteiger charge is -2.35. The SMILES string of the molecule is C/C1=C/C2[C@H](O)C(C)CC2(O)C(O)/C(C)=C\C2C(CC1)C2(C)C. The number of hydrogen-bond acceptors (Lipinski definition) is 3. The largest absolute Gasteiger partial charge is 0.392 e. The van der Waals surface area contributed by atoms with Crippen molar-refractivity contribution in [3.8, 4) is 0 Å². The van der Waals surface area contributed by atoms with Crippen molar-refractivity contribution in [3.05, 3.63) is 23.3 Å². The third-order valence-electron chi connectivity index (χ3n) is 6.98. The highest BCUT2D eigenvalue weighted by Gasteiger charge is 2.57. The van der Waals surface area contributed by atoms with Crippen molar-refractivity contribution in [3.63, 3.8) is 0 Å². The summed E-state index contributed by atoms with van der Waals surface area (Å²) in [5.74, 6) is 0.723. The quantitative estimate of drug-likeness (QED) is 0.601. The topological polar surface area (TPSA) is 60.7 Å². The zero-order chi connectivity index (χ0) is 17.2. The molecule has 3 aliphatic rings. The molecular weight excluding hydrogens is 288 g/mol. The van der Waals surface area contributed by atoms with Crippen LogP contribution in [0.25, 0.3) is 0 Å². The Morgan fingerprint density at radius 1 is 1.09 bits per heavy atom. The summed E-state index contributed by atoms with van der Waals surface area (Å²) in [7, 11) is 0. The van der Waals surface area contributed by atoms with Crippen molar-refractivity contribution in [1.82, 2.24) is 0 Å². The van der Waals surface area contributed by atoms with Crippen LogP contribution in [0.4, 0.5) is 0 Å². The summed E-state index contributed by atoms with van der Waals surface area (Å²) in [6, 6.07) is 0. The Hall–Kier alpha value is -0.640. The van der Waals surface area contributed by atoms with Crippen LogP contribution in [-0.2, 0) is 0 Å². The molecule has 2 saturated carbocycles. The monoisotopic (exact) mass is 320 g/mol. The summed E-state index contributed by atoms with van der Waals surface area (Å²) >= 11 is 0. The van der Waals surface area contributed by atoms with Crippen molar-refractivity contribution < 1.29 is 15.3 Å². The number of hydrogen-bond donors (Lipinski definition) is 3. The lowest BCUT2D eigenvalue weighted by Crippen LogP contribution is -2.47. The minimum absolute atomic E-state index is 0.00967. The van der Waals surface area contributed by atoms with E-state index in [0.29, 0.717) is 18.3 Å². The van der Waals surface area contributed by atoms with E-state index < -0.39 is 23.7 Å². The molecule has 2 fully saturated rings. The highest BCUT2D eigenvalue weighted by molar-refractivity contribution is 5.27. The summed E-state index contributed by atoms with van der Waals surface area (Å²) < 4.78 is 0. The van der Waals surface area contributed by atoms with Crippen LogP contribution in [-0.4, -0.2) is 33.1 Å². The second-order valence-corrected chi connectivity index (χ2v) is 9.01. The van der Waals surface area contributed by atoms with Gasteiger partial charge in [0.05, 0.1) is 6.10 Å². The van der Waals surface area contributed by atoms with Gasteiger partial charge >= 0.3 is 0 Å². The van der Waals surface area contributed by atoms with Gasteiger partial charge in [-0.3, -0.25) is 0 Å². The molecule has 130 valence electrons. The molecule has 3 aliphatic carbocycles. The Kier molecular flexibility index (Phi) is 4.06. The van der Waals surface area contributed by atoms with Gasteiger partial charge in [-0.25, -0.2) is 0 Å². The first kappa shape index (κ1) is 17.2. The summed E-state index contributed by atoms with van der Waals surface area (Å²) in [5.41, 5.74) is 1.09. The molecule has 0 saturated heterocycles. The Labute approximate surface area is 140 Å². The second-order valence-electron chi connectivity index (χ2n) is 9.01. The molecule has 3 nitrogen and oxygen atoms in total. The summed E-state index contributed by atoms with van der Waals surface area (Å²) in [6.45, 7) is 10.6. The van der Waals surface area contributed by atoms with E-state index in [1.165, 1.54) is 5.57 Å². The molecule has 0 aromatic rings. The van der Waals surface area contributed by atoms with Gasteiger partial charge in [0, 0.05) is 5.92 Å². The van der Waals surface area contributed by atoms with Crippen LogP contribution in [0.5, 0.6) is 0 Å². The fourth-order valence-electron chi connectivity index (χ4n) is 5.17. The summed E-state index contributed by atoms with van der Waals surface area (Å²) in [6.07, 6.45) is 5.28. The standard InChI is InChI=1S/C20H32O3/c1-11-6-7-14-15(19(14,4)5)9-12(2)18(22)20(23)10-13(3)17(21)16(20)8-11/h8-9,13-18,21-23H,6-7,10H2,1-5H3/b11-8-,12-9-/t13?,14?,15?,16?,17-,18?,20?/m1/s1. The smallest absolute Gasteiger partial charge is 0.104 e. The van der Waals surface area contributed by atoms with Gasteiger partial charge in [0.25, 0.3) is 0 Å². The van der Waals surface area contributed by atoms with Gasteiger partial charge in [-0.05, 0) is 61.9 Å². The molecule has 3 rings (SSSR count). The van der Waals surface area contributed by atoms with Crippen LogP contribution < -0.4 is 0 Å². The zero-order valence-corrected chi connectivity index (χ0v) is 15.1. The maximum atomic E-state index is 11.3. The van der Waals surface area contributed by atoms with Gasteiger partial charge < -0.3 is 15.3 Å². The minimum Gasteiger partial charge on any atom is -0.392 e. The van der Waals surface area contributed by atoms with Crippen LogP contribution in [0.1, 0.15) is 53.9 Å². The fourth-order valence-corrected chi connectivity index (χ4v) is 5.17. The third kappa shape index (κ3) is 2.61. The van der Waals surface area contributed by atoms with E-state index in [1.54, 1.807) is 0 Å². The molecule has 0 radical (unpaired) electrons. The van der Waals surface area contributed by atoms with Crippen molar-refractivity contribution >= 4 is 0 Å². The van der Waals surface area contributed by atoms with Crippen molar-refractivity contribution in [2.24, 2.45) is 29.1 Å². The van der Waals surface area contributed by atoms with E-state index in [1.807, 2.05) is 19.9 Å². The number of rotatable bonds is 0. The van der Waals surface area contributed by atoms with Gasteiger partial charge in [0.2, 0.25) is 0 Å². The first-order chi connectivity index (χ1) is 10.6. The van der Waals surface area contributed by atoms with Gasteiger partial charge in [0.1, 0.15) is 11.7 Å². The molecule has 7 atom stereocenters. The number of fused-ring (bicyclic) bond motifs is 2. The molecule has 3 N–H and O–H groups in total. The molecule has 0 spiro atoms. The van der Waals surface area contributed by atoms with E-state index in [9.17, 15) is 15.3 Å². The maximum absolute atomic E-state index is 11.3. The zero-order valence-electron chi connectivity index (χ0n) is 15.1. The van der Waals surface area contributed by atoms with Gasteiger partial charge in [-0.15, -0.1) is 0 Å². The van der Waals surface area contributed by atoms with Gasteiger partial charge in [0.15, 0.2) is 0 Å². The van der Waals surface area contributed by atoms with Gasteiger partial charge in [-0.2, -0.15) is 0 Å². The molecular formula is C20H32O3. The Morgan fingerprint density at radius 3 is 2.39 bits per heavy atom. The highest BCUT2D eigenvalue weighted by atomic mass is 16.3. The van der Waals surface area contributed by atoms with Crippen LogP contribution in [0, 0.1) is 29.1 Å². The first-order valence-electron chi connectivity index (χ1n) is 9.03. The molecule has 6 unspecified atom stereocenters. The number of aliphatic hydroxyl groups excluding tert-OH is 2. The summed E-state index contributed by atoms with van der Waals surface area (Å²) in [5, 5.41) is 32.7. The normalized spacial score (nSPS) is 53.9. The average molecular weight is 320 g/mol. The van der Waals surface area contributed by atoms with E-state index >= 15 is 0 Å². The van der Waals surface area contributed by atoms with E-state index in [-0.39, 0.29) is 11.3 Å². The average Bonchev–Trinajstić information content (AvgIpc) is 2.90. The Balaban J connectivity index is 2.01. The molecule has 23 heavy (non-hydrogen) atoms. The predicted octanol–water partition coefficient (Wildman–Crippen LogP) is 3.05.